The van der Waals surface area contributed by atoms with Crippen molar-refractivity contribution in [3.63, 3.8) is 0 Å². The second kappa shape index (κ2) is 2.37. The molecule has 0 saturated heterocycles. The van der Waals surface area contributed by atoms with Crippen molar-refractivity contribution in [3.05, 3.63) is 18.3 Å². The van der Waals surface area contributed by atoms with Crippen molar-refractivity contribution in [2.75, 3.05) is 12.8 Å². The number of aromatic nitrogens is 3. The number of hydrogen-bond acceptors (Lipinski definition) is 4. The molecule has 5 nitrogen and oxygen atoms in total. The summed E-state index contributed by atoms with van der Waals surface area (Å²) in [6.45, 7) is 0. The topological polar surface area (TPSA) is 65.4 Å². The van der Waals surface area contributed by atoms with Gasteiger partial charge < -0.3 is 10.5 Å². The molecule has 2 heterocycles. The lowest BCUT2D eigenvalue weighted by molar-refractivity contribution is 0.417. The van der Waals surface area contributed by atoms with Crippen molar-refractivity contribution < 1.29 is 4.74 Å². The van der Waals surface area contributed by atoms with Crippen LogP contribution in [0.4, 0.5) is 5.95 Å². The molecule has 2 aromatic heterocycles. The highest BCUT2D eigenvalue weighted by Gasteiger charge is 2.05. The van der Waals surface area contributed by atoms with Crippen molar-refractivity contribution in [2.45, 2.75) is 0 Å². The molecule has 2 aromatic rings. The fourth-order valence-corrected chi connectivity index (χ4v) is 1.07. The summed E-state index contributed by atoms with van der Waals surface area (Å²) in [6.07, 6.45) is 1.78. The first kappa shape index (κ1) is 6.90. The van der Waals surface area contributed by atoms with E-state index in [-0.39, 0.29) is 0 Å². The Morgan fingerprint density at radius 2 is 2.33 bits per heavy atom. The lowest BCUT2D eigenvalue weighted by Gasteiger charge is -1.99. The minimum absolute atomic E-state index is 0.365. The quantitative estimate of drug-likeness (QED) is 0.659. The van der Waals surface area contributed by atoms with Gasteiger partial charge in [-0.2, -0.15) is 0 Å². The molecular weight excluding hydrogens is 156 g/mol. The van der Waals surface area contributed by atoms with E-state index in [9.17, 15) is 0 Å². The van der Waals surface area contributed by atoms with Crippen LogP contribution in [0.2, 0.25) is 0 Å². The molecule has 0 aliphatic heterocycles. The number of rotatable bonds is 1. The molecule has 5 heteroatoms. The van der Waals surface area contributed by atoms with Crippen LogP contribution in [0.15, 0.2) is 18.3 Å². The number of nitrogens with zero attached hydrogens (tertiary/aromatic N) is 3. The Kier molecular flexibility index (Phi) is 1.36. The molecule has 0 fully saturated rings. The highest BCUT2D eigenvalue weighted by molar-refractivity contribution is 5.55. The van der Waals surface area contributed by atoms with E-state index in [0.717, 1.165) is 0 Å². The second-order valence-electron chi connectivity index (χ2n) is 2.33. The van der Waals surface area contributed by atoms with Gasteiger partial charge in [0.05, 0.1) is 7.11 Å². The van der Waals surface area contributed by atoms with Gasteiger partial charge in [-0.25, -0.2) is 0 Å². The number of hydrogen-bond donors (Lipinski definition) is 1. The second-order valence-corrected chi connectivity index (χ2v) is 2.33. The zero-order valence-electron chi connectivity index (χ0n) is 6.56. The molecule has 0 spiro atoms. The summed E-state index contributed by atoms with van der Waals surface area (Å²) < 4.78 is 6.73. The van der Waals surface area contributed by atoms with Gasteiger partial charge in [0, 0.05) is 6.20 Å². The van der Waals surface area contributed by atoms with Crippen molar-refractivity contribution >= 4 is 11.6 Å². The Hall–Kier alpha value is -1.78. The first-order valence-electron chi connectivity index (χ1n) is 3.46. The van der Waals surface area contributed by atoms with Crippen molar-refractivity contribution in [2.24, 2.45) is 0 Å². The van der Waals surface area contributed by atoms with Crippen LogP contribution in [0.1, 0.15) is 0 Å². The smallest absolute Gasteiger partial charge is 0.226 e. The Morgan fingerprint density at radius 1 is 1.50 bits per heavy atom. The SMILES string of the molecule is COc1cccn2c(N)nnc12. The maximum atomic E-state index is 5.53. The molecule has 2 N–H and O–H groups in total. The van der Waals surface area contributed by atoms with Gasteiger partial charge in [-0.05, 0) is 12.1 Å². The molecule has 2 rings (SSSR count). The minimum Gasteiger partial charge on any atom is -0.493 e. The minimum atomic E-state index is 0.365. The summed E-state index contributed by atoms with van der Waals surface area (Å²) in [5.41, 5.74) is 6.17. The van der Waals surface area contributed by atoms with Crippen molar-refractivity contribution in [3.8, 4) is 5.75 Å². The van der Waals surface area contributed by atoms with E-state index in [1.165, 1.54) is 0 Å². The summed E-state index contributed by atoms with van der Waals surface area (Å²) in [5.74, 6) is 1.03. The molecule has 0 bridgehead atoms. The van der Waals surface area contributed by atoms with Crippen molar-refractivity contribution in [1.29, 1.82) is 0 Å². The van der Waals surface area contributed by atoms with E-state index in [0.29, 0.717) is 17.3 Å². The highest BCUT2D eigenvalue weighted by Crippen LogP contribution is 2.17. The van der Waals surface area contributed by atoms with Crippen LogP contribution in [-0.4, -0.2) is 21.7 Å². The number of nitrogen functional groups attached to an aromatic ring is 1. The third-order valence-corrected chi connectivity index (χ3v) is 1.65. The fraction of sp³-hybridized carbons (Fsp3) is 0.143. The van der Waals surface area contributed by atoms with Crippen LogP contribution >= 0.6 is 0 Å². The molecule has 62 valence electrons. The molecule has 0 unspecified atom stereocenters. The maximum absolute atomic E-state index is 5.53. The summed E-state index contributed by atoms with van der Waals surface area (Å²) in [4.78, 5) is 0. The lowest BCUT2D eigenvalue weighted by atomic mass is 10.4. The van der Waals surface area contributed by atoms with Crippen LogP contribution < -0.4 is 10.5 Å². The van der Waals surface area contributed by atoms with E-state index in [2.05, 4.69) is 10.2 Å². The van der Waals surface area contributed by atoms with Gasteiger partial charge in [0.25, 0.3) is 0 Å². The molecule has 0 radical (unpaired) electrons. The number of nitrogens with two attached hydrogens (primary N) is 1. The molecule has 0 aliphatic carbocycles. The zero-order chi connectivity index (χ0) is 8.55. The summed E-state index contributed by atoms with van der Waals surface area (Å²) in [6, 6.07) is 3.63. The first-order valence-corrected chi connectivity index (χ1v) is 3.46. The normalized spacial score (nSPS) is 10.4. The van der Waals surface area contributed by atoms with Gasteiger partial charge in [-0.3, -0.25) is 4.40 Å². The monoisotopic (exact) mass is 164 g/mol. The lowest BCUT2D eigenvalue weighted by Crippen LogP contribution is -1.94. The first-order chi connectivity index (χ1) is 5.83. The van der Waals surface area contributed by atoms with Crippen LogP contribution in [0.5, 0.6) is 5.75 Å². The average Bonchev–Trinajstić information content (AvgIpc) is 2.48. The average molecular weight is 164 g/mol. The van der Waals surface area contributed by atoms with Gasteiger partial charge in [0.1, 0.15) is 0 Å². The highest BCUT2D eigenvalue weighted by atomic mass is 16.5. The fourth-order valence-electron chi connectivity index (χ4n) is 1.07. The predicted octanol–water partition coefficient (Wildman–Crippen LogP) is 0.320. The molecule has 0 saturated carbocycles. The van der Waals surface area contributed by atoms with E-state index in [1.54, 1.807) is 17.7 Å². The summed E-state index contributed by atoms with van der Waals surface area (Å²) in [5, 5.41) is 7.57. The van der Waals surface area contributed by atoms with Gasteiger partial charge in [0.2, 0.25) is 11.6 Å². The van der Waals surface area contributed by atoms with E-state index < -0.39 is 0 Å². The van der Waals surface area contributed by atoms with E-state index >= 15 is 0 Å². The van der Waals surface area contributed by atoms with E-state index in [4.69, 9.17) is 10.5 Å². The Bertz CT molecular complexity index is 409. The zero-order valence-corrected chi connectivity index (χ0v) is 6.56. The Labute approximate surface area is 68.8 Å². The molecule has 12 heavy (non-hydrogen) atoms. The molecule has 0 aromatic carbocycles. The maximum Gasteiger partial charge on any atom is 0.226 e. The number of ether oxygens (including phenoxy) is 1. The van der Waals surface area contributed by atoms with Crippen molar-refractivity contribution in [1.82, 2.24) is 14.6 Å². The Balaban J connectivity index is 2.81. The standard InChI is InChI=1S/C7H8N4O/c1-12-5-3-2-4-11-6(5)9-10-7(11)8/h2-4H,1H3,(H2,8,10). The van der Waals surface area contributed by atoms with Crippen LogP contribution in [0.25, 0.3) is 5.65 Å². The van der Waals surface area contributed by atoms with Crippen LogP contribution in [0, 0.1) is 0 Å². The molecule has 0 amide bonds. The predicted molar refractivity (Wildman–Crippen MR) is 44.0 cm³/mol. The van der Waals surface area contributed by atoms with Gasteiger partial charge in [0.15, 0.2) is 5.75 Å². The van der Waals surface area contributed by atoms with Crippen LogP contribution in [0.3, 0.4) is 0 Å². The number of anilines is 1. The third-order valence-electron chi connectivity index (χ3n) is 1.65. The number of methoxy groups -OCH3 is 1. The van der Waals surface area contributed by atoms with E-state index in [1.807, 2.05) is 12.1 Å². The Morgan fingerprint density at radius 3 is 3.08 bits per heavy atom. The summed E-state index contributed by atoms with van der Waals surface area (Å²) >= 11 is 0. The summed E-state index contributed by atoms with van der Waals surface area (Å²) in [7, 11) is 1.58. The number of fused-ring (bicyclic) bond motifs is 1. The third kappa shape index (κ3) is 0.795. The molecular formula is C7H8N4O. The largest absolute Gasteiger partial charge is 0.493 e. The molecule has 0 atom stereocenters. The number of pyridine rings is 1. The van der Waals surface area contributed by atoms with Gasteiger partial charge in [-0.15, -0.1) is 10.2 Å². The van der Waals surface area contributed by atoms with Crippen LogP contribution in [-0.2, 0) is 0 Å². The van der Waals surface area contributed by atoms with Gasteiger partial charge in [-0.1, -0.05) is 0 Å². The molecule has 0 aliphatic rings. The van der Waals surface area contributed by atoms with Gasteiger partial charge >= 0.3 is 0 Å².